The predicted molar refractivity (Wildman–Crippen MR) is 89.2 cm³/mol. The Bertz CT molecular complexity index is 777. The molecule has 1 N–H and O–H groups in total. The van der Waals surface area contributed by atoms with Gasteiger partial charge in [-0.1, -0.05) is 12.1 Å². The Labute approximate surface area is 132 Å². The second-order valence-electron chi connectivity index (χ2n) is 4.70. The molecule has 1 aliphatic heterocycles. The van der Waals surface area contributed by atoms with E-state index >= 15 is 0 Å². The third-order valence-electron chi connectivity index (χ3n) is 3.22. The van der Waals surface area contributed by atoms with Gasteiger partial charge in [-0.3, -0.25) is 4.79 Å². The average molecular weight is 313 g/mol. The third-order valence-corrected chi connectivity index (χ3v) is 4.13. The van der Waals surface area contributed by atoms with E-state index in [1.54, 1.807) is 7.11 Å². The number of hydrogen-bond acceptors (Lipinski definition) is 4. The number of methoxy groups -OCH3 is 1. The van der Waals surface area contributed by atoms with Crippen molar-refractivity contribution >= 4 is 34.6 Å². The maximum absolute atomic E-state index is 12.0. The van der Waals surface area contributed by atoms with Crippen molar-refractivity contribution in [2.24, 2.45) is 12.0 Å². The van der Waals surface area contributed by atoms with E-state index in [2.05, 4.69) is 10.3 Å². The molecule has 1 fully saturated rings. The summed E-state index contributed by atoms with van der Waals surface area (Å²) >= 11 is 1.32. The molecule has 0 saturated carbocycles. The van der Waals surface area contributed by atoms with Crippen LogP contribution in [-0.2, 0) is 11.8 Å². The second-order valence-corrected chi connectivity index (χ2v) is 5.73. The van der Waals surface area contributed by atoms with Crippen LogP contribution in [0.25, 0.3) is 6.08 Å². The molecule has 1 aromatic heterocycles. The fraction of sp³-hybridized carbons (Fsp3) is 0.125. The summed E-state index contributed by atoms with van der Waals surface area (Å²) < 4.78 is 7.22. The van der Waals surface area contributed by atoms with Crippen LogP contribution in [0.15, 0.2) is 52.5 Å². The lowest BCUT2D eigenvalue weighted by molar-refractivity contribution is -0.115. The van der Waals surface area contributed by atoms with Crippen LogP contribution < -0.4 is 10.1 Å². The number of benzene rings is 1. The lowest BCUT2D eigenvalue weighted by Gasteiger charge is -2.03. The van der Waals surface area contributed by atoms with E-state index in [0.717, 1.165) is 5.69 Å². The zero-order valence-electron chi connectivity index (χ0n) is 12.2. The third kappa shape index (κ3) is 2.92. The Morgan fingerprint density at radius 2 is 2.09 bits per heavy atom. The molecule has 0 bridgehead atoms. The van der Waals surface area contributed by atoms with Gasteiger partial charge in [-0.05, 0) is 42.1 Å². The molecule has 6 heteroatoms. The van der Waals surface area contributed by atoms with Gasteiger partial charge in [0.25, 0.3) is 5.91 Å². The van der Waals surface area contributed by atoms with Gasteiger partial charge in [0.2, 0.25) is 0 Å². The molecular formula is C16H15N3O2S. The molecular weight excluding hydrogens is 298 g/mol. The number of aliphatic imine (C=N–C) groups is 1. The Kier molecular flexibility index (Phi) is 4.02. The lowest BCUT2D eigenvalue weighted by atomic mass is 10.3. The molecule has 112 valence electrons. The number of nitrogens with zero attached hydrogens (tertiary/aromatic N) is 2. The van der Waals surface area contributed by atoms with Crippen molar-refractivity contribution in [1.82, 2.24) is 9.88 Å². The van der Waals surface area contributed by atoms with E-state index in [1.165, 1.54) is 11.8 Å². The molecule has 1 amide bonds. The lowest BCUT2D eigenvalue weighted by Crippen LogP contribution is -2.19. The van der Waals surface area contributed by atoms with Gasteiger partial charge in [0.15, 0.2) is 5.17 Å². The Morgan fingerprint density at radius 3 is 2.82 bits per heavy atom. The van der Waals surface area contributed by atoms with E-state index in [9.17, 15) is 4.79 Å². The first-order valence-electron chi connectivity index (χ1n) is 6.71. The minimum Gasteiger partial charge on any atom is -0.494 e. The Balaban J connectivity index is 1.87. The maximum Gasteiger partial charge on any atom is 0.264 e. The van der Waals surface area contributed by atoms with E-state index in [0.29, 0.717) is 21.5 Å². The maximum atomic E-state index is 12.0. The molecule has 0 spiro atoms. The standard InChI is InChI=1S/C16H15N3O2S/c1-19-9-5-6-11(19)10-14-15(20)18-16(22-14)17-12-7-3-4-8-13(12)21-2/h3-10H,1-2H3,(H,17,18,20)/b14-10+. The summed E-state index contributed by atoms with van der Waals surface area (Å²) in [6, 6.07) is 11.3. The van der Waals surface area contributed by atoms with Crippen molar-refractivity contribution in [3.8, 4) is 5.75 Å². The number of para-hydroxylation sites is 2. The highest BCUT2D eigenvalue weighted by molar-refractivity contribution is 8.18. The fourth-order valence-electron chi connectivity index (χ4n) is 2.07. The van der Waals surface area contributed by atoms with E-state index in [4.69, 9.17) is 4.74 Å². The smallest absolute Gasteiger partial charge is 0.264 e. The van der Waals surface area contributed by atoms with Crippen LogP contribution in [0.4, 0.5) is 5.69 Å². The van der Waals surface area contributed by atoms with Crippen molar-refractivity contribution in [2.45, 2.75) is 0 Å². The molecule has 3 rings (SSSR count). The van der Waals surface area contributed by atoms with Crippen LogP contribution in [0.2, 0.25) is 0 Å². The normalized spacial score (nSPS) is 18.0. The van der Waals surface area contributed by atoms with Gasteiger partial charge < -0.3 is 14.6 Å². The molecule has 0 atom stereocenters. The predicted octanol–water partition coefficient (Wildman–Crippen LogP) is 2.93. The number of hydrogen-bond donors (Lipinski definition) is 1. The highest BCUT2D eigenvalue weighted by atomic mass is 32.2. The van der Waals surface area contributed by atoms with Gasteiger partial charge in [-0.25, -0.2) is 4.99 Å². The van der Waals surface area contributed by atoms with Crippen LogP contribution in [-0.4, -0.2) is 22.8 Å². The number of ether oxygens (including phenoxy) is 1. The number of thioether (sulfide) groups is 1. The van der Waals surface area contributed by atoms with Crippen molar-refractivity contribution in [2.75, 3.05) is 7.11 Å². The van der Waals surface area contributed by atoms with Crippen molar-refractivity contribution in [3.05, 3.63) is 53.2 Å². The minimum absolute atomic E-state index is 0.139. The fourth-order valence-corrected chi connectivity index (χ4v) is 2.89. The molecule has 0 unspecified atom stereocenters. The highest BCUT2D eigenvalue weighted by Gasteiger charge is 2.24. The average Bonchev–Trinajstić information content (AvgIpc) is 3.07. The quantitative estimate of drug-likeness (QED) is 0.887. The van der Waals surface area contributed by atoms with Crippen LogP contribution in [0.5, 0.6) is 5.75 Å². The van der Waals surface area contributed by atoms with Gasteiger partial charge in [-0.15, -0.1) is 0 Å². The summed E-state index contributed by atoms with van der Waals surface area (Å²) in [6.45, 7) is 0. The van der Waals surface area contributed by atoms with Gasteiger partial charge in [-0.2, -0.15) is 0 Å². The van der Waals surface area contributed by atoms with Crippen LogP contribution in [0, 0.1) is 0 Å². The Morgan fingerprint density at radius 1 is 1.27 bits per heavy atom. The zero-order chi connectivity index (χ0) is 15.5. The van der Waals surface area contributed by atoms with Crippen molar-refractivity contribution in [3.63, 3.8) is 0 Å². The molecule has 2 heterocycles. The monoisotopic (exact) mass is 313 g/mol. The highest BCUT2D eigenvalue weighted by Crippen LogP contribution is 2.31. The largest absolute Gasteiger partial charge is 0.494 e. The minimum atomic E-state index is -0.139. The number of amides is 1. The van der Waals surface area contributed by atoms with E-state index in [-0.39, 0.29) is 5.91 Å². The van der Waals surface area contributed by atoms with Gasteiger partial charge in [0, 0.05) is 18.9 Å². The van der Waals surface area contributed by atoms with Crippen LogP contribution in [0.1, 0.15) is 5.69 Å². The number of carbonyl (C=O) groups excluding carboxylic acids is 1. The first-order valence-corrected chi connectivity index (χ1v) is 7.53. The first-order chi connectivity index (χ1) is 10.7. The summed E-state index contributed by atoms with van der Waals surface area (Å²) in [7, 11) is 3.54. The molecule has 1 aliphatic rings. The molecule has 0 radical (unpaired) electrons. The molecule has 1 saturated heterocycles. The van der Waals surface area contributed by atoms with Crippen LogP contribution in [0.3, 0.4) is 0 Å². The SMILES string of the molecule is COc1ccccc1N=C1NC(=O)/C(=C\c2cccn2C)S1. The van der Waals surface area contributed by atoms with Gasteiger partial charge >= 0.3 is 0 Å². The number of amidine groups is 1. The summed E-state index contributed by atoms with van der Waals surface area (Å²) in [4.78, 5) is 17.1. The summed E-state index contributed by atoms with van der Waals surface area (Å²) in [5.74, 6) is 0.532. The van der Waals surface area contributed by atoms with Gasteiger partial charge in [0.1, 0.15) is 11.4 Å². The van der Waals surface area contributed by atoms with Crippen molar-refractivity contribution in [1.29, 1.82) is 0 Å². The molecule has 1 aromatic carbocycles. The number of nitrogens with one attached hydrogen (secondary N) is 1. The Hall–Kier alpha value is -2.47. The number of aryl methyl sites for hydroxylation is 1. The number of aromatic nitrogens is 1. The molecule has 2 aromatic rings. The van der Waals surface area contributed by atoms with Crippen LogP contribution >= 0.6 is 11.8 Å². The number of rotatable bonds is 3. The van der Waals surface area contributed by atoms with E-state index < -0.39 is 0 Å². The topological polar surface area (TPSA) is 55.6 Å². The van der Waals surface area contributed by atoms with E-state index in [1.807, 2.05) is 60.3 Å². The summed E-state index contributed by atoms with van der Waals surface area (Å²) in [5, 5.41) is 3.33. The first kappa shape index (κ1) is 14.5. The summed E-state index contributed by atoms with van der Waals surface area (Å²) in [5.41, 5.74) is 1.66. The zero-order valence-corrected chi connectivity index (χ0v) is 13.1. The molecule has 5 nitrogen and oxygen atoms in total. The van der Waals surface area contributed by atoms with Crippen molar-refractivity contribution < 1.29 is 9.53 Å². The summed E-state index contributed by atoms with van der Waals surface area (Å²) in [6.07, 6.45) is 3.79. The molecule has 22 heavy (non-hydrogen) atoms. The van der Waals surface area contributed by atoms with Gasteiger partial charge in [0.05, 0.1) is 12.0 Å². The molecule has 0 aliphatic carbocycles. The number of carbonyl (C=O) groups is 1. The second kappa shape index (κ2) is 6.11.